The Labute approximate surface area is 109 Å². The topological polar surface area (TPSA) is 94.6 Å². The van der Waals surface area contributed by atoms with E-state index in [1.165, 1.54) is 12.1 Å². The molecule has 0 fully saturated rings. The molecule has 0 saturated carbocycles. The minimum absolute atomic E-state index is 0.257. The standard InChI is InChI=1S/C13H14N2O4/c1-3-18-13(17)15-10-6-11-8(5-9(10)14)7(2)4-12(16)19-11/h4-6H,3,14H2,1-2H3,(H,15,17). The largest absolute Gasteiger partial charge is 0.450 e. The Morgan fingerprint density at radius 3 is 2.84 bits per heavy atom. The van der Waals surface area contributed by atoms with Crippen LogP contribution in [0, 0.1) is 6.92 Å². The van der Waals surface area contributed by atoms with Crippen molar-refractivity contribution in [3.8, 4) is 0 Å². The molecule has 6 nitrogen and oxygen atoms in total. The summed E-state index contributed by atoms with van der Waals surface area (Å²) in [6.07, 6.45) is -0.608. The van der Waals surface area contributed by atoms with Crippen molar-refractivity contribution in [2.24, 2.45) is 0 Å². The number of fused-ring (bicyclic) bond motifs is 1. The molecule has 6 heteroatoms. The van der Waals surface area contributed by atoms with Gasteiger partial charge in [0.2, 0.25) is 0 Å². The maximum Gasteiger partial charge on any atom is 0.411 e. The molecule has 0 bridgehead atoms. The van der Waals surface area contributed by atoms with E-state index in [9.17, 15) is 9.59 Å². The fraction of sp³-hybridized carbons (Fsp3) is 0.231. The fourth-order valence-corrected chi connectivity index (χ4v) is 1.77. The van der Waals surface area contributed by atoms with Crippen molar-refractivity contribution < 1.29 is 13.9 Å². The average Bonchev–Trinajstić information content (AvgIpc) is 2.31. The molecule has 0 aliphatic heterocycles. The number of nitrogens with one attached hydrogen (secondary N) is 1. The predicted molar refractivity (Wildman–Crippen MR) is 72.3 cm³/mol. The van der Waals surface area contributed by atoms with Crippen LogP contribution in [-0.4, -0.2) is 12.7 Å². The van der Waals surface area contributed by atoms with Gasteiger partial charge in [0, 0.05) is 17.5 Å². The van der Waals surface area contributed by atoms with Gasteiger partial charge in [-0.15, -0.1) is 0 Å². The molecule has 1 aromatic carbocycles. The lowest BCUT2D eigenvalue weighted by Crippen LogP contribution is -2.14. The van der Waals surface area contributed by atoms with E-state index in [2.05, 4.69) is 5.32 Å². The predicted octanol–water partition coefficient (Wildman–Crippen LogP) is 2.25. The molecule has 0 saturated heterocycles. The Morgan fingerprint density at radius 2 is 2.16 bits per heavy atom. The average molecular weight is 262 g/mol. The Balaban J connectivity index is 2.49. The summed E-state index contributed by atoms with van der Waals surface area (Å²) < 4.78 is 9.84. The number of hydrogen-bond acceptors (Lipinski definition) is 5. The molecule has 0 aliphatic rings. The van der Waals surface area contributed by atoms with E-state index in [1.54, 1.807) is 19.9 Å². The molecule has 100 valence electrons. The zero-order chi connectivity index (χ0) is 14.0. The maximum atomic E-state index is 11.4. The molecule has 0 aliphatic carbocycles. The summed E-state index contributed by atoms with van der Waals surface area (Å²) in [7, 11) is 0. The number of nitrogens with two attached hydrogens (primary N) is 1. The van der Waals surface area contributed by atoms with Gasteiger partial charge in [0.1, 0.15) is 5.58 Å². The van der Waals surface area contributed by atoms with E-state index in [1.807, 2.05) is 0 Å². The van der Waals surface area contributed by atoms with Crippen LogP contribution in [-0.2, 0) is 4.74 Å². The second kappa shape index (κ2) is 5.01. The first-order chi connectivity index (χ1) is 9.01. The van der Waals surface area contributed by atoms with E-state index >= 15 is 0 Å². The van der Waals surface area contributed by atoms with E-state index < -0.39 is 11.7 Å². The number of rotatable bonds is 2. The Kier molecular flexibility index (Phi) is 3.41. The third kappa shape index (κ3) is 2.67. The van der Waals surface area contributed by atoms with Gasteiger partial charge in [0.15, 0.2) is 0 Å². The summed E-state index contributed by atoms with van der Waals surface area (Å²) in [5, 5.41) is 3.22. The molecule has 0 unspecified atom stereocenters. The van der Waals surface area contributed by atoms with Gasteiger partial charge in [-0.25, -0.2) is 9.59 Å². The van der Waals surface area contributed by atoms with Crippen molar-refractivity contribution in [3.63, 3.8) is 0 Å². The number of hydrogen-bond donors (Lipinski definition) is 2. The second-order valence-corrected chi connectivity index (χ2v) is 4.03. The summed E-state index contributed by atoms with van der Waals surface area (Å²) in [6.45, 7) is 3.75. The fourth-order valence-electron chi connectivity index (χ4n) is 1.77. The second-order valence-electron chi connectivity index (χ2n) is 4.03. The highest BCUT2D eigenvalue weighted by atomic mass is 16.5. The molecule has 0 spiro atoms. The van der Waals surface area contributed by atoms with Crippen LogP contribution in [0.15, 0.2) is 27.4 Å². The SMILES string of the molecule is CCOC(=O)Nc1cc2oc(=O)cc(C)c2cc1N. The zero-order valence-corrected chi connectivity index (χ0v) is 10.6. The van der Waals surface area contributed by atoms with Gasteiger partial charge in [0.25, 0.3) is 0 Å². The molecule has 2 aromatic rings. The monoisotopic (exact) mass is 262 g/mol. The molecule has 3 N–H and O–H groups in total. The zero-order valence-electron chi connectivity index (χ0n) is 10.6. The van der Waals surface area contributed by atoms with Crippen LogP contribution in [0.3, 0.4) is 0 Å². The highest BCUT2D eigenvalue weighted by molar-refractivity contribution is 5.95. The highest BCUT2D eigenvalue weighted by Gasteiger charge is 2.10. The Hall–Kier alpha value is -2.50. The molecule has 1 amide bonds. The van der Waals surface area contributed by atoms with Gasteiger partial charge >= 0.3 is 11.7 Å². The van der Waals surface area contributed by atoms with Crippen LogP contribution < -0.4 is 16.7 Å². The number of benzene rings is 1. The van der Waals surface area contributed by atoms with Gasteiger partial charge in [-0.2, -0.15) is 0 Å². The lowest BCUT2D eigenvalue weighted by molar-refractivity contribution is 0.168. The summed E-state index contributed by atoms with van der Waals surface area (Å²) >= 11 is 0. The summed E-state index contributed by atoms with van der Waals surface area (Å²) in [6, 6.07) is 4.55. The van der Waals surface area contributed by atoms with E-state index in [0.717, 1.165) is 10.9 Å². The Bertz CT molecular complexity index is 691. The van der Waals surface area contributed by atoms with E-state index in [-0.39, 0.29) is 6.61 Å². The maximum absolute atomic E-state index is 11.4. The lowest BCUT2D eigenvalue weighted by atomic mass is 10.1. The summed E-state index contributed by atoms with van der Waals surface area (Å²) in [5.41, 5.74) is 7.25. The van der Waals surface area contributed by atoms with Crippen LogP contribution in [0.5, 0.6) is 0 Å². The first kappa shape index (κ1) is 12.9. The van der Waals surface area contributed by atoms with Crippen LogP contribution in [0.25, 0.3) is 11.0 Å². The van der Waals surface area contributed by atoms with Gasteiger partial charge in [-0.3, -0.25) is 5.32 Å². The van der Waals surface area contributed by atoms with Gasteiger partial charge in [-0.1, -0.05) is 0 Å². The number of anilines is 2. The van der Waals surface area contributed by atoms with Gasteiger partial charge < -0.3 is 14.9 Å². The number of carbonyl (C=O) groups is 1. The number of nitrogen functional groups attached to an aromatic ring is 1. The third-order valence-corrected chi connectivity index (χ3v) is 2.63. The van der Waals surface area contributed by atoms with Crippen molar-refractivity contribution >= 4 is 28.4 Å². The molecular formula is C13H14N2O4. The van der Waals surface area contributed by atoms with Gasteiger partial charge in [-0.05, 0) is 25.5 Å². The number of aryl methyl sites for hydroxylation is 1. The summed E-state index contributed by atoms with van der Waals surface area (Å²) in [5.74, 6) is 0. The number of ether oxygens (including phenoxy) is 1. The molecule has 2 rings (SSSR count). The van der Waals surface area contributed by atoms with Crippen LogP contribution >= 0.6 is 0 Å². The minimum atomic E-state index is -0.608. The van der Waals surface area contributed by atoms with Crippen LogP contribution in [0.2, 0.25) is 0 Å². The molecular weight excluding hydrogens is 248 g/mol. The van der Waals surface area contributed by atoms with Crippen LogP contribution in [0.1, 0.15) is 12.5 Å². The minimum Gasteiger partial charge on any atom is -0.450 e. The van der Waals surface area contributed by atoms with Crippen molar-refractivity contribution in [1.82, 2.24) is 0 Å². The first-order valence-electron chi connectivity index (χ1n) is 5.79. The normalized spacial score (nSPS) is 10.4. The third-order valence-electron chi connectivity index (χ3n) is 2.63. The molecule has 0 atom stereocenters. The van der Waals surface area contributed by atoms with E-state index in [0.29, 0.717) is 17.0 Å². The first-order valence-corrected chi connectivity index (χ1v) is 5.79. The van der Waals surface area contributed by atoms with Crippen molar-refractivity contribution in [2.45, 2.75) is 13.8 Å². The quantitative estimate of drug-likeness (QED) is 0.639. The number of amides is 1. The molecule has 19 heavy (non-hydrogen) atoms. The molecule has 1 aromatic heterocycles. The van der Waals surface area contributed by atoms with Crippen molar-refractivity contribution in [2.75, 3.05) is 17.7 Å². The lowest BCUT2D eigenvalue weighted by Gasteiger charge is -2.09. The number of carbonyl (C=O) groups excluding carboxylic acids is 1. The summed E-state index contributed by atoms with van der Waals surface area (Å²) in [4.78, 5) is 22.7. The van der Waals surface area contributed by atoms with Crippen molar-refractivity contribution in [1.29, 1.82) is 0 Å². The van der Waals surface area contributed by atoms with Crippen molar-refractivity contribution in [3.05, 3.63) is 34.2 Å². The Morgan fingerprint density at radius 1 is 1.42 bits per heavy atom. The molecule has 0 radical (unpaired) electrons. The molecule has 1 heterocycles. The highest BCUT2D eigenvalue weighted by Crippen LogP contribution is 2.27. The van der Waals surface area contributed by atoms with E-state index in [4.69, 9.17) is 14.9 Å². The smallest absolute Gasteiger partial charge is 0.411 e. The van der Waals surface area contributed by atoms with Crippen LogP contribution in [0.4, 0.5) is 16.2 Å². The van der Waals surface area contributed by atoms with Gasteiger partial charge in [0.05, 0.1) is 18.0 Å².